The lowest BCUT2D eigenvalue weighted by Gasteiger charge is -2.42. The second-order valence-corrected chi connectivity index (χ2v) is 9.42. The van der Waals surface area contributed by atoms with Gasteiger partial charge in [0.2, 0.25) is 0 Å². The fourth-order valence-corrected chi connectivity index (χ4v) is 5.06. The van der Waals surface area contributed by atoms with E-state index in [1.165, 1.54) is 11.3 Å². The Labute approximate surface area is 175 Å². The number of amides is 1. The Hall–Kier alpha value is -2.69. The van der Waals surface area contributed by atoms with Crippen LogP contribution in [-0.2, 0) is 21.6 Å². The molecule has 2 aromatic rings. The number of nitriles is 1. The number of anilines is 1. The van der Waals surface area contributed by atoms with Crippen LogP contribution >= 0.6 is 11.3 Å². The number of nitrogens with zero attached hydrogens (tertiary/aromatic N) is 2. The van der Waals surface area contributed by atoms with Gasteiger partial charge < -0.3 is 15.5 Å². The van der Waals surface area contributed by atoms with E-state index >= 15 is 0 Å². The van der Waals surface area contributed by atoms with E-state index in [0.717, 1.165) is 22.4 Å². The van der Waals surface area contributed by atoms with Crippen molar-refractivity contribution in [2.45, 2.75) is 52.1 Å². The summed E-state index contributed by atoms with van der Waals surface area (Å²) in [6.45, 7) is 10.0. The fraction of sp³-hybridized carbons (Fsp3) is 0.409. The summed E-state index contributed by atoms with van der Waals surface area (Å²) in [7, 11) is 0. The zero-order chi connectivity index (χ0) is 21.2. The molecule has 1 aliphatic rings. The molecular formula is C22H26N4O2S. The van der Waals surface area contributed by atoms with Crippen molar-refractivity contribution in [3.63, 3.8) is 0 Å². The molecule has 1 aromatic carbocycles. The van der Waals surface area contributed by atoms with E-state index in [1.54, 1.807) is 0 Å². The summed E-state index contributed by atoms with van der Waals surface area (Å²) in [5.41, 5.74) is 2.78. The molecule has 0 saturated heterocycles. The van der Waals surface area contributed by atoms with Crippen LogP contribution in [0.25, 0.3) is 0 Å². The number of oxime groups is 1. The molecule has 6 nitrogen and oxygen atoms in total. The van der Waals surface area contributed by atoms with Gasteiger partial charge in [0.25, 0.3) is 5.91 Å². The second kappa shape index (κ2) is 7.97. The predicted octanol–water partition coefficient (Wildman–Crippen LogP) is 4.16. The van der Waals surface area contributed by atoms with Gasteiger partial charge in [0.15, 0.2) is 6.61 Å². The third-order valence-corrected chi connectivity index (χ3v) is 6.27. The maximum atomic E-state index is 12.4. The monoisotopic (exact) mass is 410 g/mol. The number of carbonyl (C=O) groups is 1. The maximum Gasteiger partial charge on any atom is 0.265 e. The van der Waals surface area contributed by atoms with Crippen LogP contribution < -0.4 is 10.6 Å². The van der Waals surface area contributed by atoms with Crippen molar-refractivity contribution in [3.8, 4) is 6.07 Å². The molecule has 7 heteroatoms. The lowest BCUT2D eigenvalue weighted by atomic mass is 9.81. The van der Waals surface area contributed by atoms with Crippen LogP contribution in [0.4, 0.5) is 5.00 Å². The molecule has 0 saturated carbocycles. The molecule has 0 radical (unpaired) electrons. The molecule has 2 heterocycles. The van der Waals surface area contributed by atoms with E-state index < -0.39 is 0 Å². The number of thiophene rings is 1. The Morgan fingerprint density at radius 2 is 2.00 bits per heavy atom. The molecule has 1 aliphatic heterocycles. The number of benzene rings is 1. The summed E-state index contributed by atoms with van der Waals surface area (Å²) in [5.74, 6) is -0.338. The van der Waals surface area contributed by atoms with Crippen LogP contribution in [0, 0.1) is 11.3 Å². The summed E-state index contributed by atoms with van der Waals surface area (Å²) in [4.78, 5) is 18.7. The lowest BCUT2D eigenvalue weighted by Crippen LogP contribution is -2.54. The minimum atomic E-state index is -0.338. The van der Waals surface area contributed by atoms with E-state index in [2.05, 4.69) is 49.6 Å². The number of carbonyl (C=O) groups excluding carboxylic acids is 1. The lowest BCUT2D eigenvalue weighted by molar-refractivity contribution is -0.120. The van der Waals surface area contributed by atoms with E-state index in [0.29, 0.717) is 16.3 Å². The Balaban J connectivity index is 1.72. The standard InChI is InChI=1S/C22H26N4O2S/c1-14(15-9-7-6-8-10-15)25-28-13-18(27)24-20-17(12-23)16-11-21(2,3)26-22(4,5)19(16)29-20/h6-10,26H,11,13H2,1-5H3,(H,24,27). The average Bonchev–Trinajstić information content (AvgIpc) is 2.98. The zero-order valence-corrected chi connectivity index (χ0v) is 18.2. The molecular weight excluding hydrogens is 384 g/mol. The molecule has 0 atom stereocenters. The highest BCUT2D eigenvalue weighted by Gasteiger charge is 2.40. The molecule has 152 valence electrons. The van der Waals surface area contributed by atoms with Crippen molar-refractivity contribution in [1.82, 2.24) is 5.32 Å². The first kappa shape index (κ1) is 21.0. The van der Waals surface area contributed by atoms with Gasteiger partial charge in [0.05, 0.1) is 11.3 Å². The Bertz CT molecular complexity index is 984. The van der Waals surface area contributed by atoms with Gasteiger partial charge in [-0.2, -0.15) is 5.26 Å². The first-order chi connectivity index (χ1) is 13.6. The molecule has 3 rings (SSSR count). The first-order valence-corrected chi connectivity index (χ1v) is 10.3. The molecule has 29 heavy (non-hydrogen) atoms. The van der Waals surface area contributed by atoms with Crippen molar-refractivity contribution in [2.75, 3.05) is 11.9 Å². The van der Waals surface area contributed by atoms with E-state index in [-0.39, 0.29) is 23.6 Å². The van der Waals surface area contributed by atoms with Gasteiger partial charge in [-0.15, -0.1) is 11.3 Å². The fourth-order valence-electron chi connectivity index (χ4n) is 3.82. The van der Waals surface area contributed by atoms with Crippen LogP contribution in [0.1, 0.15) is 56.2 Å². The Morgan fingerprint density at radius 1 is 1.31 bits per heavy atom. The van der Waals surface area contributed by atoms with Crippen molar-refractivity contribution in [3.05, 3.63) is 51.9 Å². The predicted molar refractivity (Wildman–Crippen MR) is 116 cm³/mol. The molecule has 0 bridgehead atoms. The van der Waals surface area contributed by atoms with Crippen molar-refractivity contribution in [2.24, 2.45) is 5.16 Å². The number of fused-ring (bicyclic) bond motifs is 1. The summed E-state index contributed by atoms with van der Waals surface area (Å²) >= 11 is 1.45. The quantitative estimate of drug-likeness (QED) is 0.572. The largest absolute Gasteiger partial charge is 0.385 e. The van der Waals surface area contributed by atoms with Gasteiger partial charge in [0.1, 0.15) is 11.1 Å². The van der Waals surface area contributed by atoms with E-state index in [9.17, 15) is 10.1 Å². The van der Waals surface area contributed by atoms with Gasteiger partial charge >= 0.3 is 0 Å². The molecule has 0 fully saturated rings. The van der Waals surface area contributed by atoms with Crippen LogP contribution in [0.15, 0.2) is 35.5 Å². The third-order valence-electron chi connectivity index (χ3n) is 4.80. The van der Waals surface area contributed by atoms with Crippen molar-refractivity contribution < 1.29 is 9.63 Å². The van der Waals surface area contributed by atoms with Gasteiger partial charge in [0, 0.05) is 16.0 Å². The summed E-state index contributed by atoms with van der Waals surface area (Å²) < 4.78 is 0. The average molecular weight is 411 g/mol. The molecule has 0 aliphatic carbocycles. The minimum absolute atomic E-state index is 0.128. The van der Waals surface area contributed by atoms with Crippen molar-refractivity contribution >= 4 is 28.0 Å². The minimum Gasteiger partial charge on any atom is -0.385 e. The molecule has 0 spiro atoms. The van der Waals surface area contributed by atoms with Gasteiger partial charge in [-0.05, 0) is 52.2 Å². The number of rotatable bonds is 5. The van der Waals surface area contributed by atoms with Crippen LogP contribution in [-0.4, -0.2) is 23.8 Å². The molecule has 1 aromatic heterocycles. The van der Waals surface area contributed by atoms with E-state index in [1.807, 2.05) is 37.3 Å². The molecule has 0 unspecified atom stereocenters. The maximum absolute atomic E-state index is 12.4. The van der Waals surface area contributed by atoms with Crippen LogP contribution in [0.3, 0.4) is 0 Å². The summed E-state index contributed by atoms with van der Waals surface area (Å²) in [6.07, 6.45) is 0.734. The first-order valence-electron chi connectivity index (χ1n) is 9.50. The van der Waals surface area contributed by atoms with Crippen LogP contribution in [0.5, 0.6) is 0 Å². The van der Waals surface area contributed by atoms with Crippen LogP contribution in [0.2, 0.25) is 0 Å². The van der Waals surface area contributed by atoms with Crippen molar-refractivity contribution in [1.29, 1.82) is 5.26 Å². The van der Waals surface area contributed by atoms with Gasteiger partial charge in [-0.3, -0.25) is 4.79 Å². The second-order valence-electron chi connectivity index (χ2n) is 8.40. The molecule has 1 amide bonds. The highest BCUT2D eigenvalue weighted by atomic mass is 32.1. The molecule has 2 N–H and O–H groups in total. The normalized spacial score (nSPS) is 17.2. The summed E-state index contributed by atoms with van der Waals surface area (Å²) in [6, 6.07) is 11.9. The highest BCUT2D eigenvalue weighted by Crippen LogP contribution is 2.44. The Morgan fingerprint density at radius 3 is 2.66 bits per heavy atom. The van der Waals surface area contributed by atoms with Gasteiger partial charge in [-0.25, -0.2) is 0 Å². The van der Waals surface area contributed by atoms with E-state index in [4.69, 9.17) is 4.84 Å². The number of hydrogen-bond donors (Lipinski definition) is 2. The Kier molecular flexibility index (Phi) is 5.78. The third kappa shape index (κ3) is 4.66. The number of nitrogens with one attached hydrogen (secondary N) is 2. The topological polar surface area (TPSA) is 86.5 Å². The number of hydrogen-bond acceptors (Lipinski definition) is 6. The zero-order valence-electron chi connectivity index (χ0n) is 17.4. The SMILES string of the molecule is CC(=NOCC(=O)Nc1sc2c(c1C#N)CC(C)(C)NC2(C)C)c1ccccc1. The van der Waals surface area contributed by atoms with Gasteiger partial charge in [-0.1, -0.05) is 35.5 Å². The highest BCUT2D eigenvalue weighted by molar-refractivity contribution is 7.17. The smallest absolute Gasteiger partial charge is 0.265 e. The summed E-state index contributed by atoms with van der Waals surface area (Å²) in [5, 5.41) is 20.8.